The quantitative estimate of drug-likeness (QED) is 0.923. The Morgan fingerprint density at radius 2 is 2.19 bits per heavy atom. The molecule has 1 N–H and O–H groups in total. The molecule has 0 radical (unpaired) electrons. The zero-order valence-corrected chi connectivity index (χ0v) is 13.6. The first-order valence-electron chi connectivity index (χ1n) is 7.48. The lowest BCUT2D eigenvalue weighted by Gasteiger charge is -2.25. The number of carbonyl (C=O) groups excluding carboxylic acids is 1. The zero-order chi connectivity index (χ0) is 15.0. The average molecular weight is 327 g/mol. The third-order valence-electron chi connectivity index (χ3n) is 4.81. The van der Waals surface area contributed by atoms with Crippen molar-refractivity contribution < 1.29 is 4.79 Å². The highest BCUT2D eigenvalue weighted by Gasteiger charge is 2.43. The largest absolute Gasteiger partial charge is 0.340 e. The zero-order valence-electron chi connectivity index (χ0n) is 12.1. The molecule has 3 atom stereocenters. The first-order valence-corrected chi connectivity index (χ1v) is 8.24. The Kier molecular flexibility index (Phi) is 4.43. The standard InChI is InChI=1S/C16H20Cl2N2O/c1-20(9-11-5-6-12(17)7-14(11)18)16(21)15-13-4-2-3-10(13)8-19-15/h5-7,10,13,15,19H,2-4,8-9H2,1H3. The summed E-state index contributed by atoms with van der Waals surface area (Å²) in [7, 11) is 1.84. The smallest absolute Gasteiger partial charge is 0.240 e. The molecule has 3 rings (SSSR count). The van der Waals surface area contributed by atoms with E-state index in [2.05, 4.69) is 5.32 Å². The normalized spacial score (nSPS) is 27.7. The van der Waals surface area contributed by atoms with Crippen molar-refractivity contribution in [1.82, 2.24) is 10.2 Å². The minimum absolute atomic E-state index is 0.0198. The van der Waals surface area contributed by atoms with Gasteiger partial charge in [0.15, 0.2) is 0 Å². The molecule has 2 fully saturated rings. The van der Waals surface area contributed by atoms with Crippen LogP contribution >= 0.6 is 23.2 Å². The Bertz CT molecular complexity index is 549. The molecule has 21 heavy (non-hydrogen) atoms. The number of nitrogens with zero attached hydrogens (tertiary/aromatic N) is 1. The van der Waals surface area contributed by atoms with E-state index in [0.29, 0.717) is 28.4 Å². The number of hydrogen-bond acceptors (Lipinski definition) is 2. The van der Waals surface area contributed by atoms with Gasteiger partial charge < -0.3 is 10.2 Å². The van der Waals surface area contributed by atoms with Gasteiger partial charge in [-0.2, -0.15) is 0 Å². The predicted molar refractivity (Wildman–Crippen MR) is 85.6 cm³/mol. The fourth-order valence-electron chi connectivity index (χ4n) is 3.68. The van der Waals surface area contributed by atoms with Crippen LogP contribution < -0.4 is 5.32 Å². The molecule has 114 valence electrons. The molecule has 1 aliphatic heterocycles. The number of amides is 1. The lowest BCUT2D eigenvalue weighted by Crippen LogP contribution is -2.44. The topological polar surface area (TPSA) is 32.3 Å². The lowest BCUT2D eigenvalue weighted by atomic mass is 9.93. The minimum atomic E-state index is -0.0198. The summed E-state index contributed by atoms with van der Waals surface area (Å²) in [6.07, 6.45) is 3.69. The Morgan fingerprint density at radius 3 is 2.95 bits per heavy atom. The number of rotatable bonds is 3. The van der Waals surface area contributed by atoms with Crippen LogP contribution in [0, 0.1) is 11.8 Å². The van der Waals surface area contributed by atoms with E-state index in [1.807, 2.05) is 19.2 Å². The maximum atomic E-state index is 12.7. The second-order valence-electron chi connectivity index (χ2n) is 6.17. The van der Waals surface area contributed by atoms with E-state index >= 15 is 0 Å². The van der Waals surface area contributed by atoms with E-state index in [9.17, 15) is 4.79 Å². The lowest BCUT2D eigenvalue weighted by molar-refractivity contribution is -0.133. The van der Waals surface area contributed by atoms with Crippen LogP contribution in [0.25, 0.3) is 0 Å². The number of fused-ring (bicyclic) bond motifs is 1. The van der Waals surface area contributed by atoms with Crippen LogP contribution in [0.5, 0.6) is 0 Å². The molecule has 1 aromatic carbocycles. The Labute approximate surface area is 135 Å². The number of benzene rings is 1. The van der Waals surface area contributed by atoms with Gasteiger partial charge in [-0.25, -0.2) is 0 Å². The molecule has 1 saturated heterocycles. The average Bonchev–Trinajstić information content (AvgIpc) is 3.03. The summed E-state index contributed by atoms with van der Waals surface area (Å²) >= 11 is 12.1. The third kappa shape index (κ3) is 3.05. The van der Waals surface area contributed by atoms with Gasteiger partial charge in [0.25, 0.3) is 0 Å². The van der Waals surface area contributed by atoms with Crippen molar-refractivity contribution in [1.29, 1.82) is 0 Å². The molecule has 1 aromatic rings. The molecule has 0 bridgehead atoms. The molecule has 1 amide bonds. The summed E-state index contributed by atoms with van der Waals surface area (Å²) in [5.41, 5.74) is 0.929. The monoisotopic (exact) mass is 326 g/mol. The third-order valence-corrected chi connectivity index (χ3v) is 5.40. The van der Waals surface area contributed by atoms with Gasteiger partial charge in [0, 0.05) is 23.6 Å². The van der Waals surface area contributed by atoms with E-state index in [1.54, 1.807) is 11.0 Å². The molecule has 2 aliphatic rings. The van der Waals surface area contributed by atoms with Crippen molar-refractivity contribution in [3.8, 4) is 0 Å². The van der Waals surface area contributed by atoms with E-state index in [4.69, 9.17) is 23.2 Å². The Balaban J connectivity index is 1.67. The maximum absolute atomic E-state index is 12.7. The van der Waals surface area contributed by atoms with Gasteiger partial charge in [-0.05, 0) is 48.9 Å². The molecular formula is C16H20Cl2N2O. The number of halogens is 2. The summed E-state index contributed by atoms with van der Waals surface area (Å²) < 4.78 is 0. The van der Waals surface area contributed by atoms with Crippen LogP contribution in [0.1, 0.15) is 24.8 Å². The van der Waals surface area contributed by atoms with Crippen molar-refractivity contribution >= 4 is 29.1 Å². The molecule has 1 aliphatic carbocycles. The van der Waals surface area contributed by atoms with Gasteiger partial charge >= 0.3 is 0 Å². The van der Waals surface area contributed by atoms with Crippen LogP contribution in [0.3, 0.4) is 0 Å². The van der Waals surface area contributed by atoms with Gasteiger partial charge in [0.05, 0.1) is 6.04 Å². The highest BCUT2D eigenvalue weighted by molar-refractivity contribution is 6.35. The molecule has 5 heteroatoms. The Hall–Kier alpha value is -0.770. The van der Waals surface area contributed by atoms with Crippen LogP contribution in [-0.2, 0) is 11.3 Å². The Morgan fingerprint density at radius 1 is 1.38 bits per heavy atom. The van der Waals surface area contributed by atoms with Crippen LogP contribution in [-0.4, -0.2) is 30.4 Å². The summed E-state index contributed by atoms with van der Waals surface area (Å²) in [5, 5.41) is 4.63. The van der Waals surface area contributed by atoms with Crippen molar-refractivity contribution in [2.45, 2.75) is 31.8 Å². The highest BCUT2D eigenvalue weighted by atomic mass is 35.5. The number of likely N-dealkylation sites (N-methyl/N-ethyl adjacent to an activating group) is 1. The molecular weight excluding hydrogens is 307 g/mol. The van der Waals surface area contributed by atoms with Gasteiger partial charge in [-0.1, -0.05) is 35.7 Å². The summed E-state index contributed by atoms with van der Waals surface area (Å²) in [6.45, 7) is 1.50. The molecule has 0 spiro atoms. The first-order chi connectivity index (χ1) is 10.1. The number of carbonyl (C=O) groups is 1. The van der Waals surface area contributed by atoms with Crippen molar-refractivity contribution in [3.63, 3.8) is 0 Å². The van der Waals surface area contributed by atoms with Crippen molar-refractivity contribution in [2.75, 3.05) is 13.6 Å². The maximum Gasteiger partial charge on any atom is 0.240 e. The highest BCUT2D eigenvalue weighted by Crippen LogP contribution is 2.38. The molecule has 1 saturated carbocycles. The summed E-state index contributed by atoms with van der Waals surface area (Å²) in [5.74, 6) is 1.38. The first kappa shape index (κ1) is 15.1. The van der Waals surface area contributed by atoms with E-state index in [0.717, 1.165) is 12.1 Å². The summed E-state index contributed by atoms with van der Waals surface area (Å²) in [4.78, 5) is 14.4. The molecule has 3 nitrogen and oxygen atoms in total. The van der Waals surface area contributed by atoms with Gasteiger partial charge in [-0.15, -0.1) is 0 Å². The van der Waals surface area contributed by atoms with Gasteiger partial charge in [0.1, 0.15) is 0 Å². The van der Waals surface area contributed by atoms with E-state index in [-0.39, 0.29) is 11.9 Å². The van der Waals surface area contributed by atoms with Gasteiger partial charge in [0.2, 0.25) is 5.91 Å². The predicted octanol–water partition coefficient (Wildman–Crippen LogP) is 3.34. The van der Waals surface area contributed by atoms with Crippen LogP contribution in [0.4, 0.5) is 0 Å². The van der Waals surface area contributed by atoms with E-state index < -0.39 is 0 Å². The molecule has 1 heterocycles. The fraction of sp³-hybridized carbons (Fsp3) is 0.562. The SMILES string of the molecule is CN(Cc1ccc(Cl)cc1Cl)C(=O)C1NCC2CCCC21. The fourth-order valence-corrected chi connectivity index (χ4v) is 4.15. The minimum Gasteiger partial charge on any atom is -0.340 e. The second kappa shape index (κ2) is 6.15. The summed E-state index contributed by atoms with van der Waals surface area (Å²) in [6, 6.07) is 5.39. The van der Waals surface area contributed by atoms with Crippen LogP contribution in [0.15, 0.2) is 18.2 Å². The van der Waals surface area contributed by atoms with E-state index in [1.165, 1.54) is 19.3 Å². The molecule has 0 aromatic heterocycles. The number of nitrogens with one attached hydrogen (secondary N) is 1. The molecule has 3 unspecified atom stereocenters. The van der Waals surface area contributed by atoms with Gasteiger partial charge in [-0.3, -0.25) is 4.79 Å². The second-order valence-corrected chi connectivity index (χ2v) is 7.01. The number of hydrogen-bond donors (Lipinski definition) is 1. The van der Waals surface area contributed by atoms with Crippen LogP contribution in [0.2, 0.25) is 10.0 Å². The van der Waals surface area contributed by atoms with Crippen molar-refractivity contribution in [3.05, 3.63) is 33.8 Å². The van der Waals surface area contributed by atoms with Crippen molar-refractivity contribution in [2.24, 2.45) is 11.8 Å².